The molecule has 3 N–H and O–H groups in total. The largest absolute Gasteiger partial charge is 0.497 e. The Hall–Kier alpha value is -1.56. The van der Waals surface area contributed by atoms with Crippen LogP contribution < -0.4 is 15.8 Å². The van der Waals surface area contributed by atoms with Crippen molar-refractivity contribution < 1.29 is 14.3 Å². The number of primary amides is 1. The molecule has 1 rings (SSSR count). The van der Waals surface area contributed by atoms with E-state index in [-0.39, 0.29) is 11.8 Å². The van der Waals surface area contributed by atoms with Gasteiger partial charge in [0.2, 0.25) is 5.91 Å². The van der Waals surface area contributed by atoms with Crippen LogP contribution in [0.4, 0.5) is 0 Å². The van der Waals surface area contributed by atoms with Crippen molar-refractivity contribution in [1.82, 2.24) is 5.32 Å². The summed E-state index contributed by atoms with van der Waals surface area (Å²) in [5, 5.41) is 2.79. The molecule has 0 bridgehead atoms. The number of nitrogens with two attached hydrogens (primary N) is 1. The maximum atomic E-state index is 11.9. The molecule has 6 heteroatoms. The fraction of sp³-hybridized carbons (Fsp3) is 0.385. The molecular weight excluding hydrogens is 312 g/mol. The van der Waals surface area contributed by atoms with Gasteiger partial charge < -0.3 is 15.8 Å². The lowest BCUT2D eigenvalue weighted by Gasteiger charge is -2.08. The number of nitrogens with one attached hydrogen (secondary N) is 1. The van der Waals surface area contributed by atoms with Crippen LogP contribution in [0.5, 0.6) is 5.75 Å². The van der Waals surface area contributed by atoms with Crippen molar-refractivity contribution in [3.63, 3.8) is 0 Å². The van der Waals surface area contributed by atoms with Gasteiger partial charge in [-0.05, 0) is 47.0 Å². The molecule has 1 aromatic carbocycles. The summed E-state index contributed by atoms with van der Waals surface area (Å²) in [6, 6.07) is 5.21. The van der Waals surface area contributed by atoms with Gasteiger partial charge in [-0.15, -0.1) is 0 Å². The fourth-order valence-electron chi connectivity index (χ4n) is 1.53. The Kier molecular flexibility index (Phi) is 6.35. The van der Waals surface area contributed by atoms with Gasteiger partial charge in [-0.2, -0.15) is 0 Å². The van der Waals surface area contributed by atoms with E-state index in [1.165, 1.54) is 0 Å². The Labute approximate surface area is 120 Å². The minimum atomic E-state index is -0.318. The van der Waals surface area contributed by atoms with Crippen LogP contribution in [0.3, 0.4) is 0 Å². The van der Waals surface area contributed by atoms with Crippen LogP contribution in [0.1, 0.15) is 29.6 Å². The zero-order valence-corrected chi connectivity index (χ0v) is 12.3. The molecule has 1 aromatic rings. The van der Waals surface area contributed by atoms with Crippen LogP contribution >= 0.6 is 15.9 Å². The Morgan fingerprint density at radius 1 is 1.37 bits per heavy atom. The van der Waals surface area contributed by atoms with Crippen LogP contribution in [-0.2, 0) is 4.79 Å². The number of carbonyl (C=O) groups is 2. The van der Waals surface area contributed by atoms with E-state index in [0.29, 0.717) is 35.2 Å². The van der Waals surface area contributed by atoms with Crippen molar-refractivity contribution in [2.75, 3.05) is 13.7 Å². The maximum absolute atomic E-state index is 11.9. The molecule has 0 heterocycles. The highest BCUT2D eigenvalue weighted by Gasteiger charge is 2.10. The van der Waals surface area contributed by atoms with Gasteiger partial charge in [-0.1, -0.05) is 0 Å². The summed E-state index contributed by atoms with van der Waals surface area (Å²) in [6.45, 7) is 0.510. The first-order chi connectivity index (χ1) is 9.04. The second-order valence-corrected chi connectivity index (χ2v) is 4.88. The highest BCUT2D eigenvalue weighted by Crippen LogP contribution is 2.22. The monoisotopic (exact) mass is 328 g/mol. The molecule has 2 amide bonds. The Balaban J connectivity index is 2.47. The first-order valence-corrected chi connectivity index (χ1v) is 6.74. The van der Waals surface area contributed by atoms with E-state index in [1.54, 1.807) is 25.3 Å². The van der Waals surface area contributed by atoms with Crippen molar-refractivity contribution in [2.45, 2.75) is 19.3 Å². The summed E-state index contributed by atoms with van der Waals surface area (Å²) < 4.78 is 5.79. The molecule has 0 saturated heterocycles. The lowest BCUT2D eigenvalue weighted by molar-refractivity contribution is -0.118. The highest BCUT2D eigenvalue weighted by molar-refractivity contribution is 9.10. The first-order valence-electron chi connectivity index (χ1n) is 5.94. The van der Waals surface area contributed by atoms with Crippen LogP contribution in [0.25, 0.3) is 0 Å². The van der Waals surface area contributed by atoms with E-state index >= 15 is 0 Å². The van der Waals surface area contributed by atoms with E-state index < -0.39 is 0 Å². The van der Waals surface area contributed by atoms with Crippen LogP contribution in [0, 0.1) is 0 Å². The third-order valence-electron chi connectivity index (χ3n) is 2.55. The number of unbranched alkanes of at least 4 members (excludes halogenated alkanes) is 1. The molecular formula is C13H17BrN2O3. The summed E-state index contributed by atoms with van der Waals surface area (Å²) >= 11 is 3.32. The van der Waals surface area contributed by atoms with E-state index in [1.807, 2.05) is 0 Å². The third-order valence-corrected chi connectivity index (χ3v) is 3.25. The Bertz CT molecular complexity index is 463. The second-order valence-electron chi connectivity index (χ2n) is 4.03. The summed E-state index contributed by atoms with van der Waals surface area (Å²) in [6.07, 6.45) is 1.74. The molecule has 0 saturated carbocycles. The average Bonchev–Trinajstić information content (AvgIpc) is 2.38. The lowest BCUT2D eigenvalue weighted by Crippen LogP contribution is -2.25. The predicted molar refractivity (Wildman–Crippen MR) is 76.1 cm³/mol. The number of halogens is 1. The average molecular weight is 329 g/mol. The number of carbonyl (C=O) groups excluding carboxylic acids is 2. The van der Waals surface area contributed by atoms with Crippen LogP contribution in [-0.4, -0.2) is 25.5 Å². The minimum absolute atomic E-state index is 0.176. The summed E-state index contributed by atoms with van der Waals surface area (Å²) in [7, 11) is 1.55. The van der Waals surface area contributed by atoms with Gasteiger partial charge in [-0.25, -0.2) is 0 Å². The topological polar surface area (TPSA) is 81.4 Å². The predicted octanol–water partition coefficient (Wildman–Crippen LogP) is 1.84. The number of rotatable bonds is 7. The number of amides is 2. The number of hydrogen-bond acceptors (Lipinski definition) is 3. The molecule has 0 radical (unpaired) electrons. The Morgan fingerprint density at radius 2 is 2.11 bits per heavy atom. The van der Waals surface area contributed by atoms with E-state index in [4.69, 9.17) is 10.5 Å². The minimum Gasteiger partial charge on any atom is -0.497 e. The first kappa shape index (κ1) is 15.5. The van der Waals surface area contributed by atoms with Gasteiger partial charge in [-0.3, -0.25) is 9.59 Å². The zero-order valence-electron chi connectivity index (χ0n) is 10.7. The van der Waals surface area contributed by atoms with E-state index in [9.17, 15) is 9.59 Å². The van der Waals surface area contributed by atoms with Gasteiger partial charge in [0.15, 0.2) is 0 Å². The van der Waals surface area contributed by atoms with Gasteiger partial charge in [0.25, 0.3) is 5.91 Å². The van der Waals surface area contributed by atoms with E-state index in [2.05, 4.69) is 21.2 Å². The highest BCUT2D eigenvalue weighted by atomic mass is 79.9. The molecule has 19 heavy (non-hydrogen) atoms. The summed E-state index contributed by atoms with van der Waals surface area (Å²) in [4.78, 5) is 22.5. The SMILES string of the molecule is COc1ccc(Br)c(C(=O)NCCCCC(N)=O)c1. The molecule has 0 fully saturated rings. The zero-order chi connectivity index (χ0) is 14.3. The molecule has 0 aromatic heterocycles. The molecule has 0 aliphatic rings. The summed E-state index contributed by atoms with van der Waals surface area (Å²) in [5.74, 6) is 0.133. The maximum Gasteiger partial charge on any atom is 0.252 e. The van der Waals surface area contributed by atoms with Crippen LogP contribution in [0.2, 0.25) is 0 Å². The molecule has 104 valence electrons. The molecule has 0 aliphatic carbocycles. The molecule has 5 nitrogen and oxygen atoms in total. The van der Waals surface area contributed by atoms with Gasteiger partial charge >= 0.3 is 0 Å². The molecule has 0 spiro atoms. The smallest absolute Gasteiger partial charge is 0.252 e. The van der Waals surface area contributed by atoms with Crippen molar-refractivity contribution >= 4 is 27.7 Å². The van der Waals surface area contributed by atoms with Crippen molar-refractivity contribution in [2.24, 2.45) is 5.73 Å². The van der Waals surface area contributed by atoms with Gasteiger partial charge in [0.1, 0.15) is 5.75 Å². The number of hydrogen-bond donors (Lipinski definition) is 2. The van der Waals surface area contributed by atoms with Gasteiger partial charge in [0.05, 0.1) is 12.7 Å². The quantitative estimate of drug-likeness (QED) is 0.749. The van der Waals surface area contributed by atoms with Crippen molar-refractivity contribution in [3.8, 4) is 5.75 Å². The lowest BCUT2D eigenvalue weighted by atomic mass is 10.2. The summed E-state index contributed by atoms with van der Waals surface area (Å²) in [5.41, 5.74) is 5.55. The normalized spacial score (nSPS) is 10.0. The van der Waals surface area contributed by atoms with Gasteiger partial charge in [0, 0.05) is 17.4 Å². The van der Waals surface area contributed by atoms with E-state index in [0.717, 1.165) is 6.42 Å². The Morgan fingerprint density at radius 3 is 2.74 bits per heavy atom. The van der Waals surface area contributed by atoms with Crippen molar-refractivity contribution in [1.29, 1.82) is 0 Å². The van der Waals surface area contributed by atoms with Crippen molar-refractivity contribution in [3.05, 3.63) is 28.2 Å². The standard InChI is InChI=1S/C13H17BrN2O3/c1-19-9-5-6-11(14)10(8-9)13(18)16-7-3-2-4-12(15)17/h5-6,8H,2-4,7H2,1H3,(H2,15,17)(H,16,18). The number of methoxy groups -OCH3 is 1. The molecule has 0 aliphatic heterocycles. The fourth-order valence-corrected chi connectivity index (χ4v) is 1.95. The third kappa shape index (κ3) is 5.30. The second kappa shape index (κ2) is 7.78. The molecule has 0 atom stereocenters. The number of ether oxygens (including phenoxy) is 1. The number of benzene rings is 1. The molecule has 0 unspecified atom stereocenters. The van der Waals surface area contributed by atoms with Crippen LogP contribution in [0.15, 0.2) is 22.7 Å².